The number of hydrazine groups is 1. The van der Waals surface area contributed by atoms with Crippen LogP contribution in [0.5, 0.6) is 0 Å². The molecule has 5 heteroatoms. The van der Waals surface area contributed by atoms with Crippen molar-refractivity contribution in [2.45, 2.75) is 26.2 Å². The number of rotatable bonds is 5. The molecule has 0 spiro atoms. The molecule has 2 amide bonds. The second-order valence-corrected chi connectivity index (χ2v) is 4.63. The molecule has 110 valence electrons. The second-order valence-electron chi connectivity index (χ2n) is 4.63. The first-order chi connectivity index (χ1) is 10.2. The van der Waals surface area contributed by atoms with Gasteiger partial charge in [0.05, 0.1) is 6.26 Å². The Hall–Kier alpha value is -2.56. The maximum atomic E-state index is 11.8. The van der Waals surface area contributed by atoms with E-state index in [-0.39, 0.29) is 18.2 Å². The molecule has 0 aliphatic heterocycles. The lowest BCUT2D eigenvalue weighted by Gasteiger charge is -2.07. The highest BCUT2D eigenvalue weighted by atomic mass is 16.3. The van der Waals surface area contributed by atoms with Crippen molar-refractivity contribution in [3.05, 3.63) is 59.5 Å². The molecule has 0 saturated carbocycles. The summed E-state index contributed by atoms with van der Waals surface area (Å²) in [4.78, 5) is 23.4. The van der Waals surface area contributed by atoms with Crippen molar-refractivity contribution in [2.75, 3.05) is 0 Å². The lowest BCUT2D eigenvalue weighted by Crippen LogP contribution is -2.41. The van der Waals surface area contributed by atoms with E-state index in [0.29, 0.717) is 12.0 Å². The van der Waals surface area contributed by atoms with Crippen LogP contribution in [0.15, 0.2) is 47.1 Å². The van der Waals surface area contributed by atoms with E-state index >= 15 is 0 Å². The van der Waals surface area contributed by atoms with E-state index in [1.807, 2.05) is 19.1 Å². The fraction of sp³-hybridized carbons (Fsp3) is 0.250. The predicted molar refractivity (Wildman–Crippen MR) is 78.5 cm³/mol. The van der Waals surface area contributed by atoms with Crippen LogP contribution in [0.3, 0.4) is 0 Å². The third-order valence-electron chi connectivity index (χ3n) is 3.12. The van der Waals surface area contributed by atoms with Crippen LogP contribution in [-0.4, -0.2) is 11.8 Å². The summed E-state index contributed by atoms with van der Waals surface area (Å²) in [5, 5.41) is 0. The monoisotopic (exact) mass is 286 g/mol. The van der Waals surface area contributed by atoms with E-state index in [4.69, 9.17) is 4.42 Å². The number of amides is 2. The standard InChI is InChI=1S/C16H18N2O3/c1-2-12-5-7-13(8-6-12)16(20)18-17-15(19)10-9-14-4-3-11-21-14/h3-8,11H,2,9-10H2,1H3,(H,17,19)(H,18,20). The van der Waals surface area contributed by atoms with Crippen LogP contribution in [0.25, 0.3) is 0 Å². The summed E-state index contributed by atoms with van der Waals surface area (Å²) in [6.07, 6.45) is 3.24. The number of furan rings is 1. The van der Waals surface area contributed by atoms with Crippen LogP contribution in [0.4, 0.5) is 0 Å². The van der Waals surface area contributed by atoms with E-state index in [1.54, 1.807) is 30.5 Å². The van der Waals surface area contributed by atoms with Gasteiger partial charge in [-0.2, -0.15) is 0 Å². The zero-order valence-corrected chi connectivity index (χ0v) is 11.9. The first-order valence-electron chi connectivity index (χ1n) is 6.89. The predicted octanol–water partition coefficient (Wildman–Crippen LogP) is 2.24. The number of hydrogen-bond acceptors (Lipinski definition) is 3. The molecule has 2 N–H and O–H groups in total. The highest BCUT2D eigenvalue weighted by molar-refractivity contribution is 5.95. The molecule has 0 aliphatic rings. The van der Waals surface area contributed by atoms with Crippen molar-refractivity contribution in [3.8, 4) is 0 Å². The molecule has 21 heavy (non-hydrogen) atoms. The molecular weight excluding hydrogens is 268 g/mol. The van der Waals surface area contributed by atoms with Gasteiger partial charge in [-0.3, -0.25) is 20.4 Å². The number of benzene rings is 1. The maximum Gasteiger partial charge on any atom is 0.269 e. The lowest BCUT2D eigenvalue weighted by atomic mass is 10.1. The Kier molecular flexibility index (Phi) is 5.15. The average molecular weight is 286 g/mol. The number of nitrogens with one attached hydrogen (secondary N) is 2. The van der Waals surface area contributed by atoms with Gasteiger partial charge in [-0.05, 0) is 36.2 Å². The minimum atomic E-state index is -0.330. The van der Waals surface area contributed by atoms with Crippen LogP contribution >= 0.6 is 0 Å². The van der Waals surface area contributed by atoms with Gasteiger partial charge in [-0.25, -0.2) is 0 Å². The van der Waals surface area contributed by atoms with Gasteiger partial charge in [-0.15, -0.1) is 0 Å². The van der Waals surface area contributed by atoms with E-state index in [9.17, 15) is 9.59 Å². The second kappa shape index (κ2) is 7.28. The van der Waals surface area contributed by atoms with Gasteiger partial charge in [0, 0.05) is 18.4 Å². The van der Waals surface area contributed by atoms with Crippen LogP contribution in [0.1, 0.15) is 35.0 Å². The van der Waals surface area contributed by atoms with Gasteiger partial charge >= 0.3 is 0 Å². The quantitative estimate of drug-likeness (QED) is 0.828. The SMILES string of the molecule is CCc1ccc(C(=O)NNC(=O)CCc2ccco2)cc1. The van der Waals surface area contributed by atoms with Crippen molar-refractivity contribution < 1.29 is 14.0 Å². The molecule has 2 rings (SSSR count). The fourth-order valence-corrected chi connectivity index (χ4v) is 1.84. The molecule has 1 aromatic heterocycles. The van der Waals surface area contributed by atoms with Crippen molar-refractivity contribution >= 4 is 11.8 Å². The molecule has 0 atom stereocenters. The first kappa shape index (κ1) is 14.8. The molecule has 5 nitrogen and oxygen atoms in total. The Labute approximate surface area is 123 Å². The van der Waals surface area contributed by atoms with E-state index in [2.05, 4.69) is 10.9 Å². The Morgan fingerprint density at radius 3 is 2.48 bits per heavy atom. The summed E-state index contributed by atoms with van der Waals surface area (Å²) in [6.45, 7) is 2.05. The number of carbonyl (C=O) groups is 2. The Morgan fingerprint density at radius 1 is 1.10 bits per heavy atom. The summed E-state index contributed by atoms with van der Waals surface area (Å²) in [5.74, 6) is 0.153. The third-order valence-corrected chi connectivity index (χ3v) is 3.12. The molecule has 0 saturated heterocycles. The number of carbonyl (C=O) groups excluding carboxylic acids is 2. The average Bonchev–Trinajstić information content (AvgIpc) is 3.04. The smallest absolute Gasteiger partial charge is 0.269 e. The van der Waals surface area contributed by atoms with Crippen molar-refractivity contribution in [1.82, 2.24) is 10.9 Å². The van der Waals surface area contributed by atoms with Gasteiger partial charge in [0.25, 0.3) is 5.91 Å². The summed E-state index contributed by atoms with van der Waals surface area (Å²) in [7, 11) is 0. The van der Waals surface area contributed by atoms with Gasteiger partial charge in [0.2, 0.25) is 5.91 Å². The summed E-state index contributed by atoms with van der Waals surface area (Å²) in [5.41, 5.74) is 6.46. The van der Waals surface area contributed by atoms with Crippen LogP contribution in [-0.2, 0) is 17.6 Å². The molecule has 0 bridgehead atoms. The Bertz CT molecular complexity index is 588. The molecule has 0 unspecified atom stereocenters. The summed E-state index contributed by atoms with van der Waals surface area (Å²) < 4.78 is 5.13. The zero-order chi connectivity index (χ0) is 15.1. The van der Waals surface area contributed by atoms with Crippen molar-refractivity contribution in [3.63, 3.8) is 0 Å². The van der Waals surface area contributed by atoms with Gasteiger partial charge in [0.1, 0.15) is 5.76 Å². The van der Waals surface area contributed by atoms with Crippen LogP contribution in [0.2, 0.25) is 0 Å². The Balaban J connectivity index is 1.76. The topological polar surface area (TPSA) is 71.3 Å². The molecule has 2 aromatic rings. The van der Waals surface area contributed by atoms with Crippen LogP contribution in [0, 0.1) is 0 Å². The van der Waals surface area contributed by atoms with E-state index in [0.717, 1.165) is 17.7 Å². The highest BCUT2D eigenvalue weighted by Crippen LogP contribution is 2.05. The number of aryl methyl sites for hydroxylation is 2. The molecular formula is C16H18N2O3. The van der Waals surface area contributed by atoms with E-state index < -0.39 is 0 Å². The first-order valence-corrected chi connectivity index (χ1v) is 6.89. The minimum absolute atomic E-state index is 0.253. The van der Waals surface area contributed by atoms with Crippen LogP contribution < -0.4 is 10.9 Å². The number of hydrogen-bond donors (Lipinski definition) is 2. The Morgan fingerprint density at radius 2 is 1.86 bits per heavy atom. The van der Waals surface area contributed by atoms with Gasteiger partial charge < -0.3 is 4.42 Å². The highest BCUT2D eigenvalue weighted by Gasteiger charge is 2.08. The molecule has 0 fully saturated rings. The molecule has 1 heterocycles. The normalized spacial score (nSPS) is 10.1. The van der Waals surface area contributed by atoms with Crippen molar-refractivity contribution in [1.29, 1.82) is 0 Å². The molecule has 0 radical (unpaired) electrons. The fourth-order valence-electron chi connectivity index (χ4n) is 1.84. The summed E-state index contributed by atoms with van der Waals surface area (Å²) >= 11 is 0. The molecule has 0 aliphatic carbocycles. The maximum absolute atomic E-state index is 11.8. The van der Waals surface area contributed by atoms with E-state index in [1.165, 1.54) is 0 Å². The van der Waals surface area contributed by atoms with Gasteiger partial charge in [0.15, 0.2) is 0 Å². The third kappa shape index (κ3) is 4.49. The van der Waals surface area contributed by atoms with Crippen molar-refractivity contribution in [2.24, 2.45) is 0 Å². The van der Waals surface area contributed by atoms with Gasteiger partial charge in [-0.1, -0.05) is 19.1 Å². The lowest BCUT2D eigenvalue weighted by molar-refractivity contribution is -0.121. The summed E-state index contributed by atoms with van der Waals surface area (Å²) in [6, 6.07) is 10.9. The minimum Gasteiger partial charge on any atom is -0.469 e. The largest absolute Gasteiger partial charge is 0.469 e. The zero-order valence-electron chi connectivity index (χ0n) is 11.9. The molecule has 1 aromatic carbocycles.